The van der Waals surface area contributed by atoms with Gasteiger partial charge in [-0.1, -0.05) is 30.3 Å². The zero-order chi connectivity index (χ0) is 24.6. The number of anilines is 1. The number of para-hydroxylation sites is 1. The fraction of sp³-hybridized carbons (Fsp3) is 0.185. The number of carbonyl (C=O) groups is 1. The predicted octanol–water partition coefficient (Wildman–Crippen LogP) is 4.46. The molecule has 0 spiro atoms. The molecule has 3 aromatic carbocycles. The van der Waals surface area contributed by atoms with Crippen molar-refractivity contribution in [2.75, 3.05) is 11.4 Å². The zero-order valence-electron chi connectivity index (χ0n) is 19.1. The molecule has 0 N–H and O–H groups in total. The maximum absolute atomic E-state index is 13.3. The van der Waals surface area contributed by atoms with Gasteiger partial charge < -0.3 is 9.15 Å². The van der Waals surface area contributed by atoms with Gasteiger partial charge in [0.1, 0.15) is 17.1 Å². The summed E-state index contributed by atoms with van der Waals surface area (Å²) in [6, 6.07) is 19.7. The number of ether oxygens (including phenoxy) is 1. The second-order valence-corrected chi connectivity index (χ2v) is 10.4. The third kappa shape index (κ3) is 4.33. The molecule has 0 fully saturated rings. The van der Waals surface area contributed by atoms with E-state index >= 15 is 0 Å². The van der Waals surface area contributed by atoms with Gasteiger partial charge in [0.15, 0.2) is 0 Å². The Kier molecular flexibility index (Phi) is 5.90. The molecule has 0 atom stereocenters. The number of benzene rings is 3. The summed E-state index contributed by atoms with van der Waals surface area (Å²) >= 11 is 0. The summed E-state index contributed by atoms with van der Waals surface area (Å²) in [5.41, 5.74) is 3.18. The van der Waals surface area contributed by atoms with E-state index in [4.69, 9.17) is 9.15 Å². The van der Waals surface area contributed by atoms with Crippen LogP contribution in [0.25, 0.3) is 11.0 Å². The van der Waals surface area contributed by atoms with Gasteiger partial charge in [0.05, 0.1) is 11.3 Å². The number of hydrogen-bond acceptors (Lipinski definition) is 6. The fourth-order valence-electron chi connectivity index (χ4n) is 4.42. The molecule has 0 saturated heterocycles. The summed E-state index contributed by atoms with van der Waals surface area (Å²) in [5, 5.41) is 0.711. The molecule has 0 bridgehead atoms. The average Bonchev–Trinajstić information content (AvgIpc) is 3.33. The number of fused-ring (bicyclic) bond motifs is 2. The van der Waals surface area contributed by atoms with Crippen molar-refractivity contribution in [1.82, 2.24) is 0 Å². The quantitative estimate of drug-likeness (QED) is 0.293. The highest BCUT2D eigenvalue weighted by Crippen LogP contribution is 2.29. The number of aryl methyl sites for hydroxylation is 2. The van der Waals surface area contributed by atoms with Crippen molar-refractivity contribution in [2.45, 2.75) is 30.8 Å². The molecule has 7 nitrogen and oxygen atoms in total. The molecule has 4 aromatic rings. The molecule has 0 amide bonds. The fourth-order valence-corrected chi connectivity index (χ4v) is 5.79. The zero-order valence-corrected chi connectivity index (χ0v) is 19.9. The third-order valence-corrected chi connectivity index (χ3v) is 8.11. The first-order valence-corrected chi connectivity index (χ1v) is 12.7. The van der Waals surface area contributed by atoms with Crippen molar-refractivity contribution < 1.29 is 22.4 Å². The lowest BCUT2D eigenvalue weighted by molar-refractivity contribution is 0.0469. The molecular weight excluding hydrogens is 466 g/mol. The molecule has 0 unspecified atom stereocenters. The summed E-state index contributed by atoms with van der Waals surface area (Å²) < 4.78 is 38.7. The van der Waals surface area contributed by atoms with Crippen LogP contribution < -0.4 is 9.93 Å². The smallest absolute Gasteiger partial charge is 0.339 e. The van der Waals surface area contributed by atoms with Crippen LogP contribution in [0.1, 0.15) is 33.5 Å². The molecule has 35 heavy (non-hydrogen) atoms. The van der Waals surface area contributed by atoms with Crippen LogP contribution in [0.2, 0.25) is 0 Å². The number of sulfonamides is 1. The van der Waals surface area contributed by atoms with Crippen LogP contribution in [-0.2, 0) is 34.2 Å². The Balaban J connectivity index is 1.44. The number of hydrogen-bond donors (Lipinski definition) is 0. The van der Waals surface area contributed by atoms with Gasteiger partial charge in [0.25, 0.3) is 10.0 Å². The molecule has 0 saturated carbocycles. The highest BCUT2D eigenvalue weighted by atomic mass is 32.2. The van der Waals surface area contributed by atoms with Gasteiger partial charge in [-0.3, -0.25) is 4.31 Å². The van der Waals surface area contributed by atoms with Crippen molar-refractivity contribution in [3.05, 3.63) is 105 Å². The predicted molar refractivity (Wildman–Crippen MR) is 132 cm³/mol. The first kappa shape index (κ1) is 22.9. The average molecular weight is 490 g/mol. The maximum Gasteiger partial charge on any atom is 0.339 e. The summed E-state index contributed by atoms with van der Waals surface area (Å²) in [5.74, 6) is -0.798. The van der Waals surface area contributed by atoms with Gasteiger partial charge in [-0.2, -0.15) is 0 Å². The molecule has 1 heterocycles. The third-order valence-electron chi connectivity index (χ3n) is 6.27. The molecular formula is C27H23NO6S. The number of rotatable bonds is 6. The van der Waals surface area contributed by atoms with Crippen LogP contribution >= 0.6 is 0 Å². The van der Waals surface area contributed by atoms with Crippen molar-refractivity contribution in [3.8, 4) is 0 Å². The molecule has 0 aliphatic heterocycles. The van der Waals surface area contributed by atoms with Gasteiger partial charge in [-0.15, -0.1) is 0 Å². The molecule has 1 aromatic heterocycles. The van der Waals surface area contributed by atoms with Gasteiger partial charge in [0.2, 0.25) is 0 Å². The Morgan fingerprint density at radius 1 is 0.971 bits per heavy atom. The first-order valence-electron chi connectivity index (χ1n) is 11.2. The molecule has 1 aliphatic carbocycles. The Labute approximate surface area is 202 Å². The topological polar surface area (TPSA) is 93.9 Å². The van der Waals surface area contributed by atoms with Crippen molar-refractivity contribution in [3.63, 3.8) is 0 Å². The van der Waals surface area contributed by atoms with E-state index in [0.29, 0.717) is 22.2 Å². The molecule has 178 valence electrons. The van der Waals surface area contributed by atoms with E-state index in [9.17, 15) is 18.0 Å². The first-order chi connectivity index (χ1) is 16.8. The SMILES string of the molecule is CN(c1ccccc1)S(=O)(=O)c1ccccc1C(=O)OCc1cc(=O)oc2cc3c(cc12)CCC3. The summed E-state index contributed by atoms with van der Waals surface area (Å²) in [7, 11) is -2.60. The minimum Gasteiger partial charge on any atom is -0.457 e. The van der Waals surface area contributed by atoms with Crippen LogP contribution in [0.15, 0.2) is 86.9 Å². The summed E-state index contributed by atoms with van der Waals surface area (Å²) in [6.45, 7) is -0.192. The van der Waals surface area contributed by atoms with Gasteiger partial charge in [-0.05, 0) is 66.8 Å². The van der Waals surface area contributed by atoms with E-state index in [2.05, 4.69) is 0 Å². The summed E-state index contributed by atoms with van der Waals surface area (Å²) in [4.78, 5) is 25.0. The van der Waals surface area contributed by atoms with E-state index < -0.39 is 21.6 Å². The van der Waals surface area contributed by atoms with Crippen LogP contribution in [0.3, 0.4) is 0 Å². The molecule has 1 aliphatic rings. The Hall–Kier alpha value is -3.91. The van der Waals surface area contributed by atoms with E-state index in [0.717, 1.165) is 29.1 Å². The van der Waals surface area contributed by atoms with Gasteiger partial charge >= 0.3 is 11.6 Å². The number of nitrogens with zero attached hydrogens (tertiary/aromatic N) is 1. The summed E-state index contributed by atoms with van der Waals surface area (Å²) in [6.07, 6.45) is 2.93. The minimum atomic E-state index is -4.03. The van der Waals surface area contributed by atoms with Crippen molar-refractivity contribution in [1.29, 1.82) is 0 Å². The molecule has 8 heteroatoms. The lowest BCUT2D eigenvalue weighted by atomic mass is 10.0. The Morgan fingerprint density at radius 3 is 2.43 bits per heavy atom. The lowest BCUT2D eigenvalue weighted by Crippen LogP contribution is -2.28. The van der Waals surface area contributed by atoms with Crippen molar-refractivity contribution in [2.24, 2.45) is 0 Å². The van der Waals surface area contributed by atoms with Gasteiger partial charge in [0, 0.05) is 24.1 Å². The van der Waals surface area contributed by atoms with E-state index in [1.165, 1.54) is 30.8 Å². The van der Waals surface area contributed by atoms with Crippen LogP contribution in [0, 0.1) is 0 Å². The molecule has 5 rings (SSSR count). The Bertz CT molecular complexity index is 1590. The maximum atomic E-state index is 13.3. The standard InChI is InChI=1S/C27H23NO6S/c1-28(21-10-3-2-4-11-21)35(31,32)25-13-6-5-12-22(25)27(30)33-17-20-16-26(29)34-24-15-19-9-7-8-18(19)14-23(20)24/h2-6,10-16H,7-9,17H2,1H3. The van der Waals surface area contributed by atoms with Crippen LogP contribution in [0.4, 0.5) is 5.69 Å². The van der Waals surface area contributed by atoms with E-state index in [1.807, 2.05) is 12.1 Å². The van der Waals surface area contributed by atoms with Crippen LogP contribution in [-0.4, -0.2) is 21.4 Å². The monoisotopic (exact) mass is 489 g/mol. The second-order valence-electron chi connectivity index (χ2n) is 8.44. The largest absolute Gasteiger partial charge is 0.457 e. The highest BCUT2D eigenvalue weighted by molar-refractivity contribution is 7.92. The second kappa shape index (κ2) is 9.03. The van der Waals surface area contributed by atoms with Crippen LogP contribution in [0.5, 0.6) is 0 Å². The minimum absolute atomic E-state index is 0.0801. The van der Waals surface area contributed by atoms with Gasteiger partial charge in [-0.25, -0.2) is 18.0 Å². The number of carbonyl (C=O) groups excluding carboxylic acids is 1. The van der Waals surface area contributed by atoms with Crippen molar-refractivity contribution >= 4 is 32.6 Å². The molecule has 0 radical (unpaired) electrons. The van der Waals surface area contributed by atoms with E-state index in [-0.39, 0.29) is 17.1 Å². The normalized spacial score (nSPS) is 12.9. The highest BCUT2D eigenvalue weighted by Gasteiger charge is 2.27. The van der Waals surface area contributed by atoms with E-state index in [1.54, 1.807) is 42.5 Å². The lowest BCUT2D eigenvalue weighted by Gasteiger charge is -2.21. The Morgan fingerprint density at radius 2 is 1.66 bits per heavy atom. The number of esters is 1.